The van der Waals surface area contributed by atoms with Crippen molar-refractivity contribution in [3.05, 3.63) is 64.8 Å². The Kier molecular flexibility index (Phi) is 7.81. The molecule has 1 aromatic heterocycles. The molecule has 1 fully saturated rings. The molecule has 2 N–H and O–H groups in total. The summed E-state index contributed by atoms with van der Waals surface area (Å²) in [7, 11) is 0. The van der Waals surface area contributed by atoms with Gasteiger partial charge in [0.05, 0.1) is 11.6 Å². The molecule has 36 heavy (non-hydrogen) atoms. The molecule has 10 heteroatoms. The summed E-state index contributed by atoms with van der Waals surface area (Å²) in [4.78, 5) is 27.2. The first kappa shape index (κ1) is 25.5. The van der Waals surface area contributed by atoms with Gasteiger partial charge in [0.2, 0.25) is 0 Å². The van der Waals surface area contributed by atoms with Gasteiger partial charge in [0.1, 0.15) is 23.4 Å². The zero-order valence-corrected chi connectivity index (χ0v) is 21.2. The molecule has 0 aliphatic carbocycles. The molecule has 0 radical (unpaired) electrons. The summed E-state index contributed by atoms with van der Waals surface area (Å²) in [6.07, 6.45) is 2.30. The first-order valence-corrected chi connectivity index (χ1v) is 12.2. The lowest BCUT2D eigenvalue weighted by Crippen LogP contribution is -2.41. The number of aliphatic hydroxyl groups excluding tert-OH is 1. The van der Waals surface area contributed by atoms with E-state index < -0.39 is 12.0 Å². The number of anilines is 1. The van der Waals surface area contributed by atoms with Crippen molar-refractivity contribution < 1.29 is 24.2 Å². The molecular weight excluding hydrogens is 484 g/mol. The quantitative estimate of drug-likeness (QED) is 0.428. The molecule has 9 nitrogen and oxygen atoms in total. The summed E-state index contributed by atoms with van der Waals surface area (Å²) in [5, 5.41) is 16.8. The molecule has 1 saturated heterocycles. The Labute approximate surface area is 214 Å². The van der Waals surface area contributed by atoms with E-state index in [0.29, 0.717) is 28.6 Å². The molecule has 0 saturated carbocycles. The summed E-state index contributed by atoms with van der Waals surface area (Å²) >= 11 is 6.42. The Morgan fingerprint density at radius 1 is 1.08 bits per heavy atom. The van der Waals surface area contributed by atoms with Gasteiger partial charge in [-0.1, -0.05) is 11.6 Å². The number of hydrogen-bond donors (Lipinski definition) is 2. The van der Waals surface area contributed by atoms with E-state index in [1.165, 1.54) is 0 Å². The van der Waals surface area contributed by atoms with Crippen molar-refractivity contribution >= 4 is 29.2 Å². The second-order valence-electron chi connectivity index (χ2n) is 8.93. The number of likely N-dealkylation sites (tertiary alicyclic amines) is 1. The highest BCUT2D eigenvalue weighted by Crippen LogP contribution is 2.33. The maximum atomic E-state index is 13.0. The number of aromatic nitrogens is 2. The van der Waals surface area contributed by atoms with E-state index in [1.54, 1.807) is 65.2 Å². The molecule has 190 valence electrons. The first-order chi connectivity index (χ1) is 17.2. The molecule has 0 spiro atoms. The SMILES string of the molecule is CC(C)n1ccc(NC(=O)c2cc(Oc3ccc(C(=O)N4CCC4)cc3Cl)cc(O[C@@H](C)CO)c2)n1. The number of amides is 2. The van der Waals surface area contributed by atoms with E-state index in [9.17, 15) is 14.7 Å². The van der Waals surface area contributed by atoms with Crippen LogP contribution in [0.15, 0.2) is 48.7 Å². The van der Waals surface area contributed by atoms with Crippen LogP contribution in [0.1, 0.15) is 53.9 Å². The summed E-state index contributed by atoms with van der Waals surface area (Å²) in [5.41, 5.74) is 0.759. The minimum Gasteiger partial charge on any atom is -0.488 e. The van der Waals surface area contributed by atoms with E-state index in [-0.39, 0.29) is 29.1 Å². The van der Waals surface area contributed by atoms with Crippen LogP contribution in [-0.2, 0) is 0 Å². The number of ether oxygens (including phenoxy) is 2. The van der Waals surface area contributed by atoms with Gasteiger partial charge in [0.15, 0.2) is 5.82 Å². The smallest absolute Gasteiger partial charge is 0.257 e. The number of rotatable bonds is 9. The summed E-state index contributed by atoms with van der Waals surface area (Å²) in [6, 6.07) is 11.4. The molecule has 4 rings (SSSR count). The molecule has 0 bridgehead atoms. The number of hydrogen-bond acceptors (Lipinski definition) is 6. The highest BCUT2D eigenvalue weighted by molar-refractivity contribution is 6.32. The van der Waals surface area contributed by atoms with Crippen molar-refractivity contribution in [3.63, 3.8) is 0 Å². The van der Waals surface area contributed by atoms with Gasteiger partial charge in [-0.2, -0.15) is 5.10 Å². The van der Waals surface area contributed by atoms with Gasteiger partial charge in [-0.05, 0) is 57.5 Å². The largest absolute Gasteiger partial charge is 0.488 e. The van der Waals surface area contributed by atoms with Crippen LogP contribution in [0, 0.1) is 0 Å². The van der Waals surface area contributed by atoms with Gasteiger partial charge >= 0.3 is 0 Å². The lowest BCUT2D eigenvalue weighted by Gasteiger charge is -2.31. The van der Waals surface area contributed by atoms with Crippen LogP contribution in [0.4, 0.5) is 5.82 Å². The second-order valence-corrected chi connectivity index (χ2v) is 9.33. The third-order valence-corrected chi connectivity index (χ3v) is 5.96. The third kappa shape index (κ3) is 5.98. The van der Waals surface area contributed by atoms with Gasteiger partial charge in [0, 0.05) is 48.6 Å². The second kappa shape index (κ2) is 11.0. The maximum absolute atomic E-state index is 13.0. The molecule has 3 aromatic rings. The van der Waals surface area contributed by atoms with Crippen molar-refractivity contribution in [2.24, 2.45) is 0 Å². The standard InChI is InChI=1S/C26H29ClN4O5/c1-16(2)31-10-7-24(29-31)28-25(33)19-11-20(35-17(3)15-32)14-21(12-19)36-23-6-5-18(13-22(23)27)26(34)30-8-4-9-30/h5-7,10-14,16-17,32H,4,8-9,15H2,1-3H3,(H,28,29,33)/t17-/m0/s1. The maximum Gasteiger partial charge on any atom is 0.257 e. The molecule has 1 aliphatic rings. The van der Waals surface area contributed by atoms with Gasteiger partial charge in [-0.25, -0.2) is 0 Å². The summed E-state index contributed by atoms with van der Waals surface area (Å²) in [5.74, 6) is 0.911. The van der Waals surface area contributed by atoms with Crippen molar-refractivity contribution in [2.75, 3.05) is 25.0 Å². The highest BCUT2D eigenvalue weighted by Gasteiger charge is 2.22. The monoisotopic (exact) mass is 512 g/mol. The first-order valence-electron chi connectivity index (χ1n) is 11.8. The van der Waals surface area contributed by atoms with E-state index >= 15 is 0 Å². The van der Waals surface area contributed by atoms with Crippen LogP contribution >= 0.6 is 11.6 Å². The van der Waals surface area contributed by atoms with Gasteiger partial charge < -0.3 is 24.8 Å². The topological polar surface area (TPSA) is 106 Å². The van der Waals surface area contributed by atoms with Gasteiger partial charge in [0.25, 0.3) is 11.8 Å². The summed E-state index contributed by atoms with van der Waals surface area (Å²) in [6.45, 7) is 6.98. The Hall–Kier alpha value is -3.56. The number of nitrogens with zero attached hydrogens (tertiary/aromatic N) is 3. The predicted octanol–water partition coefficient (Wildman–Crippen LogP) is 4.77. The number of nitrogens with one attached hydrogen (secondary N) is 1. The number of carbonyl (C=O) groups excluding carboxylic acids is 2. The minimum atomic E-state index is -0.492. The fourth-order valence-electron chi connectivity index (χ4n) is 3.53. The number of aliphatic hydroxyl groups is 1. The van der Waals surface area contributed by atoms with E-state index in [4.69, 9.17) is 21.1 Å². The molecule has 2 amide bonds. The van der Waals surface area contributed by atoms with Crippen LogP contribution in [0.3, 0.4) is 0 Å². The number of benzene rings is 2. The molecular formula is C26H29ClN4O5. The lowest BCUT2D eigenvalue weighted by atomic mass is 10.1. The van der Waals surface area contributed by atoms with Crippen molar-refractivity contribution in [2.45, 2.75) is 39.3 Å². The third-order valence-electron chi connectivity index (χ3n) is 5.67. The van der Waals surface area contributed by atoms with E-state index in [0.717, 1.165) is 19.5 Å². The van der Waals surface area contributed by atoms with Gasteiger partial charge in [-0.3, -0.25) is 14.3 Å². The minimum absolute atomic E-state index is 0.0676. The van der Waals surface area contributed by atoms with Gasteiger partial charge in [-0.15, -0.1) is 0 Å². The molecule has 1 aliphatic heterocycles. The van der Waals surface area contributed by atoms with E-state index in [2.05, 4.69) is 10.4 Å². The zero-order chi connectivity index (χ0) is 25.8. The van der Waals surface area contributed by atoms with Crippen molar-refractivity contribution in [1.82, 2.24) is 14.7 Å². The fourth-order valence-corrected chi connectivity index (χ4v) is 3.74. The average molecular weight is 513 g/mol. The van der Waals surface area contributed by atoms with Crippen LogP contribution in [0.2, 0.25) is 5.02 Å². The fraction of sp³-hybridized carbons (Fsp3) is 0.346. The van der Waals surface area contributed by atoms with Crippen molar-refractivity contribution in [1.29, 1.82) is 0 Å². The lowest BCUT2D eigenvalue weighted by molar-refractivity contribution is 0.0651. The normalized spacial score (nSPS) is 13.8. The highest BCUT2D eigenvalue weighted by atomic mass is 35.5. The molecule has 2 heterocycles. The Morgan fingerprint density at radius 3 is 2.44 bits per heavy atom. The number of carbonyl (C=O) groups is 2. The molecule has 1 atom stereocenters. The average Bonchev–Trinajstić information content (AvgIpc) is 3.28. The van der Waals surface area contributed by atoms with Crippen LogP contribution in [0.25, 0.3) is 0 Å². The van der Waals surface area contributed by atoms with Crippen LogP contribution in [-0.4, -0.2) is 57.4 Å². The Morgan fingerprint density at radius 2 is 1.83 bits per heavy atom. The number of halogens is 1. The Bertz CT molecular complexity index is 1250. The van der Waals surface area contributed by atoms with Crippen LogP contribution in [0.5, 0.6) is 17.2 Å². The summed E-state index contributed by atoms with van der Waals surface area (Å²) < 4.78 is 13.5. The molecule has 0 unspecified atom stereocenters. The molecule has 2 aromatic carbocycles. The van der Waals surface area contributed by atoms with Crippen LogP contribution < -0.4 is 14.8 Å². The van der Waals surface area contributed by atoms with Crippen molar-refractivity contribution in [3.8, 4) is 17.2 Å². The zero-order valence-electron chi connectivity index (χ0n) is 20.4. The Balaban J connectivity index is 1.57. The van der Waals surface area contributed by atoms with E-state index in [1.807, 2.05) is 13.8 Å². The predicted molar refractivity (Wildman–Crippen MR) is 136 cm³/mol.